The van der Waals surface area contributed by atoms with Gasteiger partial charge in [-0.3, -0.25) is 4.98 Å². The normalized spacial score (nSPS) is 10.1. The second-order valence-corrected chi connectivity index (χ2v) is 5.82. The summed E-state index contributed by atoms with van der Waals surface area (Å²) >= 11 is 0. The van der Waals surface area contributed by atoms with E-state index in [1.165, 1.54) is 12.1 Å². The molecule has 0 saturated carbocycles. The van der Waals surface area contributed by atoms with Gasteiger partial charge >= 0.3 is 0 Å². The molecule has 0 saturated heterocycles. The van der Waals surface area contributed by atoms with Crippen LogP contribution in [0.25, 0.3) is 0 Å². The molecule has 6 heteroatoms. The van der Waals surface area contributed by atoms with Gasteiger partial charge in [0.2, 0.25) is 0 Å². The van der Waals surface area contributed by atoms with E-state index in [0.29, 0.717) is 24.7 Å². The predicted molar refractivity (Wildman–Crippen MR) is 106 cm³/mol. The molecule has 1 heterocycles. The van der Waals surface area contributed by atoms with Crippen LogP contribution in [0.5, 0.6) is 11.5 Å². The maximum atomic E-state index is 13.0. The number of hydrogen-bond acceptors (Lipinski definition) is 4. The molecule has 0 aliphatic heterocycles. The van der Waals surface area contributed by atoms with E-state index in [1.54, 1.807) is 31.6 Å². The van der Waals surface area contributed by atoms with Crippen molar-refractivity contribution in [2.24, 2.45) is 0 Å². The average Bonchev–Trinajstić information content (AvgIpc) is 2.69. The van der Waals surface area contributed by atoms with Gasteiger partial charge in [-0.15, -0.1) is 12.4 Å². The lowest BCUT2D eigenvalue weighted by atomic mass is 10.1. The molecule has 4 nitrogen and oxygen atoms in total. The summed E-state index contributed by atoms with van der Waals surface area (Å²) in [6.45, 7) is 1.72. The van der Waals surface area contributed by atoms with Crippen molar-refractivity contribution in [1.29, 1.82) is 0 Å². The van der Waals surface area contributed by atoms with Crippen LogP contribution in [-0.2, 0) is 19.7 Å². The highest BCUT2D eigenvalue weighted by atomic mass is 35.5. The van der Waals surface area contributed by atoms with Gasteiger partial charge in [0, 0.05) is 31.0 Å². The fraction of sp³-hybridized carbons (Fsp3) is 0.190. The molecule has 3 aromatic rings. The quantitative estimate of drug-likeness (QED) is 0.616. The Labute approximate surface area is 164 Å². The van der Waals surface area contributed by atoms with Crippen LogP contribution in [0.15, 0.2) is 67.0 Å². The third kappa shape index (κ3) is 5.94. The Morgan fingerprint density at radius 3 is 2.37 bits per heavy atom. The van der Waals surface area contributed by atoms with Gasteiger partial charge in [-0.25, -0.2) is 4.39 Å². The molecule has 0 fully saturated rings. The second kappa shape index (κ2) is 10.5. The van der Waals surface area contributed by atoms with E-state index in [2.05, 4.69) is 10.3 Å². The fourth-order valence-corrected chi connectivity index (χ4v) is 2.60. The smallest absolute Gasteiger partial charge is 0.166 e. The van der Waals surface area contributed by atoms with E-state index in [0.717, 1.165) is 23.2 Å². The molecule has 0 radical (unpaired) electrons. The minimum absolute atomic E-state index is 0. The second-order valence-electron chi connectivity index (χ2n) is 5.82. The van der Waals surface area contributed by atoms with Gasteiger partial charge in [-0.2, -0.15) is 0 Å². The molecule has 3 rings (SSSR count). The summed E-state index contributed by atoms with van der Waals surface area (Å²) < 4.78 is 24.5. The Morgan fingerprint density at radius 1 is 0.926 bits per heavy atom. The standard InChI is InChI=1S/C21H21FN2O2.ClH/c1-25-20-4-2-3-18(14-24-13-16-9-11-23-12-10-16)21(20)26-15-17-5-7-19(22)8-6-17;/h2-12,24H,13-15H2,1H3;1H. The number of ether oxygens (including phenoxy) is 2. The Morgan fingerprint density at radius 2 is 1.67 bits per heavy atom. The van der Waals surface area contributed by atoms with E-state index < -0.39 is 0 Å². The largest absolute Gasteiger partial charge is 0.493 e. The van der Waals surface area contributed by atoms with Crippen molar-refractivity contribution < 1.29 is 13.9 Å². The van der Waals surface area contributed by atoms with Crippen molar-refractivity contribution >= 4 is 12.4 Å². The molecule has 27 heavy (non-hydrogen) atoms. The van der Waals surface area contributed by atoms with Crippen LogP contribution >= 0.6 is 12.4 Å². The van der Waals surface area contributed by atoms with Crippen molar-refractivity contribution in [1.82, 2.24) is 10.3 Å². The molecule has 0 unspecified atom stereocenters. The van der Waals surface area contributed by atoms with E-state index in [9.17, 15) is 4.39 Å². The zero-order valence-corrected chi connectivity index (χ0v) is 15.8. The summed E-state index contributed by atoms with van der Waals surface area (Å²) in [5, 5.41) is 3.40. The number of nitrogens with zero attached hydrogens (tertiary/aromatic N) is 1. The minimum Gasteiger partial charge on any atom is -0.493 e. The van der Waals surface area contributed by atoms with Gasteiger partial charge in [0.1, 0.15) is 12.4 Å². The zero-order valence-electron chi connectivity index (χ0n) is 15.0. The van der Waals surface area contributed by atoms with Crippen molar-refractivity contribution in [3.63, 3.8) is 0 Å². The first-order valence-corrected chi connectivity index (χ1v) is 8.39. The molecule has 142 valence electrons. The first-order valence-electron chi connectivity index (χ1n) is 8.39. The van der Waals surface area contributed by atoms with Crippen LogP contribution in [0.1, 0.15) is 16.7 Å². The summed E-state index contributed by atoms with van der Waals surface area (Å²) in [7, 11) is 1.62. The number of para-hydroxylation sites is 1. The Balaban J connectivity index is 0.00000261. The highest BCUT2D eigenvalue weighted by molar-refractivity contribution is 5.85. The van der Waals surface area contributed by atoms with Crippen LogP contribution < -0.4 is 14.8 Å². The third-order valence-electron chi connectivity index (χ3n) is 3.97. The highest BCUT2D eigenvalue weighted by Gasteiger charge is 2.11. The molecule has 0 bridgehead atoms. The van der Waals surface area contributed by atoms with Crippen LogP contribution in [-0.4, -0.2) is 12.1 Å². The monoisotopic (exact) mass is 388 g/mol. The maximum Gasteiger partial charge on any atom is 0.166 e. The zero-order chi connectivity index (χ0) is 18.2. The van der Waals surface area contributed by atoms with Gasteiger partial charge in [-0.05, 0) is 41.5 Å². The maximum absolute atomic E-state index is 13.0. The van der Waals surface area contributed by atoms with Gasteiger partial charge < -0.3 is 14.8 Å². The highest BCUT2D eigenvalue weighted by Crippen LogP contribution is 2.31. The first kappa shape index (κ1) is 20.7. The molecular formula is C21H22ClFN2O2. The summed E-state index contributed by atoms with van der Waals surface area (Å²) in [6, 6.07) is 16.0. The molecule has 0 aliphatic rings. The molecule has 0 amide bonds. The van der Waals surface area contributed by atoms with Crippen molar-refractivity contribution in [2.75, 3.05) is 7.11 Å². The number of pyridine rings is 1. The third-order valence-corrected chi connectivity index (χ3v) is 3.97. The Kier molecular flexibility index (Phi) is 8.04. The number of aromatic nitrogens is 1. The number of benzene rings is 2. The number of methoxy groups -OCH3 is 1. The van der Waals surface area contributed by atoms with Crippen LogP contribution in [0.4, 0.5) is 4.39 Å². The first-order chi connectivity index (χ1) is 12.8. The van der Waals surface area contributed by atoms with Crippen LogP contribution in [0, 0.1) is 5.82 Å². The average molecular weight is 389 g/mol. The lowest BCUT2D eigenvalue weighted by Crippen LogP contribution is -2.14. The number of halogens is 2. The molecule has 0 aliphatic carbocycles. The number of hydrogen-bond donors (Lipinski definition) is 1. The molecule has 0 atom stereocenters. The Hall–Kier alpha value is -2.63. The van der Waals surface area contributed by atoms with E-state index in [1.807, 2.05) is 30.3 Å². The number of rotatable bonds is 8. The fourth-order valence-electron chi connectivity index (χ4n) is 2.60. The van der Waals surface area contributed by atoms with Gasteiger partial charge in [-0.1, -0.05) is 24.3 Å². The molecule has 2 aromatic carbocycles. The van der Waals surface area contributed by atoms with E-state index in [4.69, 9.17) is 9.47 Å². The van der Waals surface area contributed by atoms with Crippen LogP contribution in [0.3, 0.4) is 0 Å². The molecule has 0 spiro atoms. The van der Waals surface area contributed by atoms with Crippen LogP contribution in [0.2, 0.25) is 0 Å². The van der Waals surface area contributed by atoms with Crippen molar-refractivity contribution in [2.45, 2.75) is 19.7 Å². The van der Waals surface area contributed by atoms with E-state index in [-0.39, 0.29) is 18.2 Å². The van der Waals surface area contributed by atoms with Gasteiger partial charge in [0.15, 0.2) is 11.5 Å². The van der Waals surface area contributed by atoms with Crippen molar-refractivity contribution in [3.05, 3.63) is 89.5 Å². The minimum atomic E-state index is -0.257. The molecule has 1 N–H and O–H groups in total. The summed E-state index contributed by atoms with van der Waals surface area (Å²) in [4.78, 5) is 4.02. The summed E-state index contributed by atoms with van der Waals surface area (Å²) in [5.41, 5.74) is 3.06. The lowest BCUT2D eigenvalue weighted by Gasteiger charge is -2.16. The van der Waals surface area contributed by atoms with Gasteiger partial charge in [0.05, 0.1) is 7.11 Å². The summed E-state index contributed by atoms with van der Waals surface area (Å²) in [5.74, 6) is 1.11. The van der Waals surface area contributed by atoms with Gasteiger partial charge in [0.25, 0.3) is 0 Å². The molecular weight excluding hydrogens is 367 g/mol. The molecule has 1 aromatic heterocycles. The predicted octanol–water partition coefficient (Wildman–Crippen LogP) is 4.52. The topological polar surface area (TPSA) is 43.4 Å². The van der Waals surface area contributed by atoms with Crippen molar-refractivity contribution in [3.8, 4) is 11.5 Å². The Bertz CT molecular complexity index is 829. The SMILES string of the molecule is COc1cccc(CNCc2ccncc2)c1OCc1ccc(F)cc1.Cl. The number of nitrogens with one attached hydrogen (secondary N) is 1. The summed E-state index contributed by atoms with van der Waals surface area (Å²) in [6.07, 6.45) is 3.56. The van der Waals surface area contributed by atoms with E-state index >= 15 is 0 Å². The lowest BCUT2D eigenvalue weighted by molar-refractivity contribution is 0.280.